The van der Waals surface area contributed by atoms with Crippen LogP contribution in [0.15, 0.2) is 47.2 Å². The van der Waals surface area contributed by atoms with Gasteiger partial charge < -0.3 is 21.1 Å². The summed E-state index contributed by atoms with van der Waals surface area (Å²) in [6.45, 7) is 13.3. The van der Waals surface area contributed by atoms with Gasteiger partial charge in [-0.25, -0.2) is 18.6 Å². The molecule has 3 atom stereocenters. The zero-order valence-electron chi connectivity index (χ0n) is 27.4. The van der Waals surface area contributed by atoms with Crippen molar-refractivity contribution in [3.63, 3.8) is 0 Å². The molecular weight excluding hydrogens is 594 g/mol. The van der Waals surface area contributed by atoms with Gasteiger partial charge in [0.2, 0.25) is 5.91 Å². The van der Waals surface area contributed by atoms with Crippen LogP contribution in [-0.2, 0) is 27.0 Å². The number of rotatable bonds is 15. The van der Waals surface area contributed by atoms with Gasteiger partial charge in [-0.1, -0.05) is 34.6 Å². The number of amides is 1. The molecule has 0 spiro atoms. The fourth-order valence-electron chi connectivity index (χ4n) is 6.92. The summed E-state index contributed by atoms with van der Waals surface area (Å²) in [6, 6.07) is 1.67. The maximum Gasteiger partial charge on any atom is 0.333 e. The molecule has 2 aliphatic rings. The number of nitrogens with zero attached hydrogens (tertiary/aromatic N) is 2. The molecule has 45 heavy (non-hydrogen) atoms. The van der Waals surface area contributed by atoms with Crippen molar-refractivity contribution in [3.8, 4) is 0 Å². The molecule has 1 heterocycles. The smallest absolute Gasteiger partial charge is 0.333 e. The summed E-state index contributed by atoms with van der Waals surface area (Å²) < 4.78 is 30.0. The van der Waals surface area contributed by atoms with Crippen molar-refractivity contribution >= 4 is 23.2 Å². The molecule has 1 unspecified atom stereocenters. The number of benzene rings is 1. The molecule has 1 aromatic carbocycles. The van der Waals surface area contributed by atoms with Crippen LogP contribution in [-0.4, -0.2) is 52.5 Å². The van der Waals surface area contributed by atoms with Crippen molar-refractivity contribution in [2.45, 2.75) is 97.1 Å². The van der Waals surface area contributed by atoms with Crippen LogP contribution in [0.25, 0.3) is 0 Å². The molecule has 0 radical (unpaired) electrons. The highest BCUT2D eigenvalue weighted by molar-refractivity contribution is 7.11. The number of hydrogen-bond acceptors (Lipinski definition) is 6. The van der Waals surface area contributed by atoms with E-state index in [9.17, 15) is 9.90 Å². The third kappa shape index (κ3) is 6.93. The molecule has 2 aromatic rings. The van der Waals surface area contributed by atoms with Crippen LogP contribution >= 0.6 is 11.3 Å². The summed E-state index contributed by atoms with van der Waals surface area (Å²) in [5, 5.41) is 15.2. The number of carboxylic acid groups (broad SMARTS) is 1. The number of thiazole rings is 1. The number of aromatic nitrogens is 1. The van der Waals surface area contributed by atoms with Gasteiger partial charge in [0, 0.05) is 43.2 Å². The number of nitrogens with one attached hydrogen (secondary N) is 1. The first-order chi connectivity index (χ1) is 21.3. The number of allylic oxidation sites excluding steroid dienone is 2. The van der Waals surface area contributed by atoms with Gasteiger partial charge in [0.15, 0.2) is 0 Å². The second-order valence-electron chi connectivity index (χ2n) is 13.0. The largest absolute Gasteiger partial charge is 0.478 e. The van der Waals surface area contributed by atoms with Crippen LogP contribution < -0.4 is 11.1 Å². The molecule has 246 valence electrons. The fraction of sp³-hybridized carbons (Fsp3) is 0.571. The summed E-state index contributed by atoms with van der Waals surface area (Å²) in [7, 11) is 0. The Labute approximate surface area is 270 Å². The molecule has 7 nitrogen and oxygen atoms in total. The van der Waals surface area contributed by atoms with E-state index < -0.39 is 35.0 Å². The summed E-state index contributed by atoms with van der Waals surface area (Å²) in [5.74, 6) is -3.18. The maximum absolute atomic E-state index is 15.0. The standard InChI is InChI=1S/C35H48F2N4O3S/c1-7-12-41(13-8-2)33(44)35(24-16-25(36)18-26(37)17-24)30(22(6)15-27(31(35)38)32(42)43)23(9-3)19-40-34(10-11-34)28-20-39-29(45-28)14-21(4)5/h15-18,20-21,23,31,40H,7-14,19,38H2,1-6H3,(H,42,43)/t23-,31-,35?/m0/s1. The lowest BCUT2D eigenvalue weighted by Gasteiger charge is -2.48. The fourth-order valence-corrected chi connectivity index (χ4v) is 8.28. The van der Waals surface area contributed by atoms with E-state index in [-0.39, 0.29) is 22.6 Å². The molecule has 0 bridgehead atoms. The molecule has 0 aliphatic heterocycles. The Morgan fingerprint density at radius 1 is 1.13 bits per heavy atom. The van der Waals surface area contributed by atoms with E-state index in [4.69, 9.17) is 5.73 Å². The zero-order chi connectivity index (χ0) is 33.1. The van der Waals surface area contributed by atoms with E-state index in [2.05, 4.69) is 24.1 Å². The number of carbonyl (C=O) groups is 2. The average Bonchev–Trinajstić information content (AvgIpc) is 3.62. The first-order valence-corrected chi connectivity index (χ1v) is 17.0. The molecular formula is C35H48F2N4O3S. The van der Waals surface area contributed by atoms with E-state index in [1.165, 1.54) is 11.0 Å². The lowest BCUT2D eigenvalue weighted by molar-refractivity contribution is -0.137. The first-order valence-electron chi connectivity index (χ1n) is 16.2. The van der Waals surface area contributed by atoms with E-state index in [0.29, 0.717) is 56.0 Å². The predicted molar refractivity (Wildman–Crippen MR) is 175 cm³/mol. The molecule has 0 saturated heterocycles. The Morgan fingerprint density at radius 2 is 1.76 bits per heavy atom. The van der Waals surface area contributed by atoms with Crippen molar-refractivity contribution < 1.29 is 23.5 Å². The summed E-state index contributed by atoms with van der Waals surface area (Å²) in [6.07, 6.45) is 8.22. The quantitative estimate of drug-likeness (QED) is 0.205. The number of aliphatic carboxylic acids is 1. The van der Waals surface area contributed by atoms with Gasteiger partial charge in [0.25, 0.3) is 0 Å². The number of nitrogens with two attached hydrogens (primary N) is 1. The Balaban J connectivity index is 1.88. The Hall–Kier alpha value is -2.95. The molecule has 1 amide bonds. The lowest BCUT2D eigenvalue weighted by Crippen LogP contribution is -2.62. The van der Waals surface area contributed by atoms with Gasteiger partial charge in [-0.2, -0.15) is 0 Å². The topological polar surface area (TPSA) is 109 Å². The molecule has 1 fully saturated rings. The van der Waals surface area contributed by atoms with Crippen LogP contribution in [0.1, 0.15) is 89.1 Å². The molecule has 1 aromatic heterocycles. The van der Waals surface area contributed by atoms with Gasteiger partial charge in [-0.05, 0) is 85.8 Å². The predicted octanol–water partition coefficient (Wildman–Crippen LogP) is 6.48. The van der Waals surface area contributed by atoms with Gasteiger partial charge in [0.05, 0.1) is 22.2 Å². The second-order valence-corrected chi connectivity index (χ2v) is 14.1. The van der Waals surface area contributed by atoms with Crippen LogP contribution in [0.2, 0.25) is 0 Å². The van der Waals surface area contributed by atoms with Crippen LogP contribution in [0, 0.1) is 23.5 Å². The number of hydrogen-bond donors (Lipinski definition) is 3. The Morgan fingerprint density at radius 3 is 2.27 bits per heavy atom. The minimum absolute atomic E-state index is 0.0382. The van der Waals surface area contributed by atoms with Crippen LogP contribution in [0.3, 0.4) is 0 Å². The van der Waals surface area contributed by atoms with Gasteiger partial charge in [-0.15, -0.1) is 11.3 Å². The van der Waals surface area contributed by atoms with E-state index in [1.54, 1.807) is 23.2 Å². The summed E-state index contributed by atoms with van der Waals surface area (Å²) >= 11 is 1.73. The summed E-state index contributed by atoms with van der Waals surface area (Å²) in [4.78, 5) is 35.1. The highest BCUT2D eigenvalue weighted by Crippen LogP contribution is 2.51. The number of halogens is 2. The SMILES string of the molecule is CCCN(CCC)C(=O)C1(c2cc(F)cc(F)c2)C([C@@H](CC)CNC2(c3cnc(CC(C)C)s3)CC2)=C(C)C=C(C(=O)O)[C@@H]1N. The molecule has 4 rings (SSSR count). The first kappa shape index (κ1) is 34.9. The van der Waals surface area contributed by atoms with Crippen molar-refractivity contribution in [1.82, 2.24) is 15.2 Å². The zero-order valence-corrected chi connectivity index (χ0v) is 28.2. The highest BCUT2D eigenvalue weighted by atomic mass is 32.1. The van der Waals surface area contributed by atoms with Crippen molar-refractivity contribution in [2.75, 3.05) is 19.6 Å². The highest BCUT2D eigenvalue weighted by Gasteiger charge is 2.57. The minimum atomic E-state index is -1.83. The van der Waals surface area contributed by atoms with Crippen molar-refractivity contribution in [3.05, 3.63) is 74.3 Å². The monoisotopic (exact) mass is 642 g/mol. The Bertz CT molecular complexity index is 1440. The van der Waals surface area contributed by atoms with Gasteiger partial charge in [-0.3, -0.25) is 4.79 Å². The summed E-state index contributed by atoms with van der Waals surface area (Å²) in [5.41, 5.74) is 5.92. The van der Waals surface area contributed by atoms with Crippen molar-refractivity contribution in [1.29, 1.82) is 0 Å². The van der Waals surface area contributed by atoms with E-state index >= 15 is 13.6 Å². The number of carboxylic acids is 1. The van der Waals surface area contributed by atoms with Gasteiger partial charge >= 0.3 is 5.97 Å². The number of carbonyl (C=O) groups excluding carboxylic acids is 1. The maximum atomic E-state index is 15.0. The third-order valence-corrected chi connectivity index (χ3v) is 10.4. The molecule has 4 N–H and O–H groups in total. The minimum Gasteiger partial charge on any atom is -0.478 e. The second kappa shape index (κ2) is 14.2. The Kier molecular flexibility index (Phi) is 11.0. The van der Waals surface area contributed by atoms with Gasteiger partial charge in [0.1, 0.15) is 17.0 Å². The molecule has 1 saturated carbocycles. The normalized spacial score (nSPS) is 21.6. The third-order valence-electron chi connectivity index (χ3n) is 9.15. The lowest BCUT2D eigenvalue weighted by atomic mass is 9.58. The van der Waals surface area contributed by atoms with Crippen molar-refractivity contribution in [2.24, 2.45) is 17.6 Å². The van der Waals surface area contributed by atoms with Crippen LogP contribution in [0.5, 0.6) is 0 Å². The average molecular weight is 643 g/mol. The molecule has 10 heteroatoms. The molecule has 2 aliphatic carbocycles. The van der Waals surface area contributed by atoms with E-state index in [0.717, 1.165) is 42.5 Å². The van der Waals surface area contributed by atoms with E-state index in [1.807, 2.05) is 27.0 Å². The van der Waals surface area contributed by atoms with Crippen LogP contribution in [0.4, 0.5) is 8.78 Å².